The highest BCUT2D eigenvalue weighted by atomic mass is 14.7. The first kappa shape index (κ1) is 14.0. The van der Waals surface area contributed by atoms with Gasteiger partial charge in [0.25, 0.3) is 0 Å². The van der Waals surface area contributed by atoms with Crippen molar-refractivity contribution in [1.29, 1.82) is 0 Å². The minimum absolute atomic E-state index is 0.0283. The molecule has 1 saturated carbocycles. The van der Waals surface area contributed by atoms with Gasteiger partial charge in [0.2, 0.25) is 0 Å². The summed E-state index contributed by atoms with van der Waals surface area (Å²) < 4.78 is 0. The smallest absolute Gasteiger partial charge is 0.00970 e. The molecule has 1 rings (SSSR count). The molecule has 0 heterocycles. The fourth-order valence-corrected chi connectivity index (χ4v) is 2.93. The van der Waals surface area contributed by atoms with Gasteiger partial charge in [-0.25, -0.2) is 0 Å². The third-order valence-electron chi connectivity index (χ3n) is 4.26. The zero-order chi connectivity index (χ0) is 12.4. The van der Waals surface area contributed by atoms with Gasteiger partial charge in [0, 0.05) is 5.54 Å². The van der Waals surface area contributed by atoms with Crippen LogP contribution in [0.5, 0.6) is 0 Å². The third-order valence-corrected chi connectivity index (χ3v) is 4.26. The highest BCUT2D eigenvalue weighted by Gasteiger charge is 2.43. The lowest BCUT2D eigenvalue weighted by molar-refractivity contribution is 0.258. The summed E-state index contributed by atoms with van der Waals surface area (Å²) in [6, 6.07) is 0. The molecule has 0 spiro atoms. The predicted molar refractivity (Wildman–Crippen MR) is 72.4 cm³/mol. The van der Waals surface area contributed by atoms with Crippen LogP contribution in [0, 0.1) is 17.3 Å². The van der Waals surface area contributed by atoms with Gasteiger partial charge in [0.05, 0.1) is 0 Å². The van der Waals surface area contributed by atoms with E-state index < -0.39 is 0 Å². The average molecular weight is 225 g/mol. The summed E-state index contributed by atoms with van der Waals surface area (Å²) in [4.78, 5) is 0. The first-order valence-corrected chi connectivity index (χ1v) is 7.01. The molecule has 0 aromatic carbocycles. The fraction of sp³-hybridized carbons (Fsp3) is 1.00. The van der Waals surface area contributed by atoms with E-state index in [1.165, 1.54) is 32.1 Å². The minimum Gasteiger partial charge on any atom is -0.326 e. The van der Waals surface area contributed by atoms with Crippen LogP contribution in [0.2, 0.25) is 0 Å². The lowest BCUT2D eigenvalue weighted by Gasteiger charge is -2.25. The van der Waals surface area contributed by atoms with Crippen molar-refractivity contribution >= 4 is 0 Å². The largest absolute Gasteiger partial charge is 0.326 e. The molecule has 0 saturated heterocycles. The van der Waals surface area contributed by atoms with E-state index in [4.69, 9.17) is 5.73 Å². The van der Waals surface area contributed by atoms with E-state index >= 15 is 0 Å². The third kappa shape index (κ3) is 4.86. The number of nitrogens with two attached hydrogens (primary N) is 1. The molecule has 1 fully saturated rings. The number of rotatable bonds is 7. The van der Waals surface area contributed by atoms with Gasteiger partial charge in [0.1, 0.15) is 0 Å². The molecule has 1 heteroatoms. The lowest BCUT2D eigenvalue weighted by atomic mass is 9.81. The molecule has 0 aliphatic heterocycles. The van der Waals surface area contributed by atoms with Crippen LogP contribution in [-0.2, 0) is 0 Å². The second-order valence-corrected chi connectivity index (χ2v) is 7.36. The molecular formula is C15H31N. The molecule has 16 heavy (non-hydrogen) atoms. The van der Waals surface area contributed by atoms with E-state index in [1.807, 2.05) is 0 Å². The van der Waals surface area contributed by atoms with Crippen LogP contribution in [0.15, 0.2) is 0 Å². The molecule has 1 aliphatic carbocycles. The molecule has 96 valence electrons. The summed E-state index contributed by atoms with van der Waals surface area (Å²) in [6.07, 6.45) is 8.04. The van der Waals surface area contributed by atoms with E-state index in [1.54, 1.807) is 0 Å². The van der Waals surface area contributed by atoms with Crippen LogP contribution in [0.3, 0.4) is 0 Å². The highest BCUT2D eigenvalue weighted by molar-refractivity contribution is 4.93. The Kier molecular flexibility index (Phi) is 4.45. The van der Waals surface area contributed by atoms with Crippen molar-refractivity contribution in [3.63, 3.8) is 0 Å². The quantitative estimate of drug-likeness (QED) is 0.640. The van der Waals surface area contributed by atoms with E-state index in [0.29, 0.717) is 5.41 Å². The molecule has 2 atom stereocenters. The van der Waals surface area contributed by atoms with Gasteiger partial charge in [-0.15, -0.1) is 0 Å². The van der Waals surface area contributed by atoms with Crippen LogP contribution in [-0.4, -0.2) is 5.54 Å². The first-order valence-electron chi connectivity index (χ1n) is 7.01. The molecule has 2 unspecified atom stereocenters. The minimum atomic E-state index is 0.0283. The molecule has 0 aromatic rings. The van der Waals surface area contributed by atoms with Gasteiger partial charge in [-0.1, -0.05) is 40.0 Å². The molecule has 0 radical (unpaired) electrons. The molecule has 1 aliphatic rings. The van der Waals surface area contributed by atoms with E-state index in [0.717, 1.165) is 18.3 Å². The van der Waals surface area contributed by atoms with Crippen molar-refractivity contribution in [2.45, 2.75) is 78.7 Å². The standard InChI is InChI=1S/C15H31N/c1-12-11-13(12)14(2,3)9-7-6-8-10-15(4,5)16/h12-13H,6-11,16H2,1-5H3. The zero-order valence-electron chi connectivity index (χ0n) is 12.0. The van der Waals surface area contributed by atoms with Gasteiger partial charge in [-0.3, -0.25) is 0 Å². The monoisotopic (exact) mass is 225 g/mol. The molecule has 0 amide bonds. The van der Waals surface area contributed by atoms with Gasteiger partial charge in [-0.05, 0) is 50.4 Å². The fourth-order valence-electron chi connectivity index (χ4n) is 2.93. The van der Waals surface area contributed by atoms with Crippen LogP contribution in [0.1, 0.15) is 73.1 Å². The van der Waals surface area contributed by atoms with Crippen LogP contribution < -0.4 is 5.73 Å². The Balaban J connectivity index is 2.07. The number of hydrogen-bond acceptors (Lipinski definition) is 1. The van der Waals surface area contributed by atoms with Crippen molar-refractivity contribution < 1.29 is 0 Å². The van der Waals surface area contributed by atoms with Crippen LogP contribution in [0.4, 0.5) is 0 Å². The van der Waals surface area contributed by atoms with Crippen LogP contribution in [0.25, 0.3) is 0 Å². The molecule has 0 bridgehead atoms. The topological polar surface area (TPSA) is 26.0 Å². The van der Waals surface area contributed by atoms with Crippen molar-refractivity contribution in [2.75, 3.05) is 0 Å². The van der Waals surface area contributed by atoms with Gasteiger partial charge >= 0.3 is 0 Å². The molecule has 0 aromatic heterocycles. The summed E-state index contributed by atoms with van der Waals surface area (Å²) in [7, 11) is 0. The Bertz CT molecular complexity index is 212. The normalized spacial score (nSPS) is 25.9. The Morgan fingerprint density at radius 1 is 1.00 bits per heavy atom. The highest BCUT2D eigenvalue weighted by Crippen LogP contribution is 2.52. The van der Waals surface area contributed by atoms with Crippen molar-refractivity contribution in [3.05, 3.63) is 0 Å². The zero-order valence-corrected chi connectivity index (χ0v) is 12.0. The first-order chi connectivity index (χ1) is 7.22. The summed E-state index contributed by atoms with van der Waals surface area (Å²) in [5.41, 5.74) is 6.59. The SMILES string of the molecule is CC1CC1C(C)(C)CCCCCC(C)(C)N. The average Bonchev–Trinajstić information content (AvgIpc) is 2.80. The molecule has 1 nitrogen and oxygen atoms in total. The lowest BCUT2D eigenvalue weighted by Crippen LogP contribution is -2.31. The summed E-state index contributed by atoms with van der Waals surface area (Å²) >= 11 is 0. The maximum Gasteiger partial charge on any atom is 0.00970 e. The predicted octanol–water partition coefficient (Wildman–Crippen LogP) is 4.36. The van der Waals surface area contributed by atoms with Gasteiger partial charge in [-0.2, -0.15) is 0 Å². The Morgan fingerprint density at radius 2 is 1.50 bits per heavy atom. The number of unbranched alkanes of at least 4 members (excludes halogenated alkanes) is 2. The summed E-state index contributed by atoms with van der Waals surface area (Å²) in [5.74, 6) is 1.98. The molecule has 2 N–H and O–H groups in total. The Labute approximate surface area is 102 Å². The van der Waals surface area contributed by atoms with Crippen LogP contribution >= 0.6 is 0 Å². The Hall–Kier alpha value is -0.0400. The summed E-state index contributed by atoms with van der Waals surface area (Å²) in [5, 5.41) is 0. The molecular weight excluding hydrogens is 194 g/mol. The maximum absolute atomic E-state index is 5.98. The van der Waals surface area contributed by atoms with Gasteiger partial charge in [0.15, 0.2) is 0 Å². The van der Waals surface area contributed by atoms with E-state index in [2.05, 4.69) is 34.6 Å². The number of hydrogen-bond donors (Lipinski definition) is 1. The van der Waals surface area contributed by atoms with Gasteiger partial charge < -0.3 is 5.73 Å². The second-order valence-electron chi connectivity index (χ2n) is 7.36. The van der Waals surface area contributed by atoms with Crippen molar-refractivity contribution in [3.8, 4) is 0 Å². The van der Waals surface area contributed by atoms with E-state index in [-0.39, 0.29) is 5.54 Å². The maximum atomic E-state index is 5.98. The van der Waals surface area contributed by atoms with E-state index in [9.17, 15) is 0 Å². The summed E-state index contributed by atoms with van der Waals surface area (Å²) in [6.45, 7) is 11.6. The van der Waals surface area contributed by atoms with Crippen molar-refractivity contribution in [1.82, 2.24) is 0 Å². The second kappa shape index (κ2) is 5.08. The van der Waals surface area contributed by atoms with Crippen molar-refractivity contribution in [2.24, 2.45) is 23.0 Å². The Morgan fingerprint density at radius 3 is 1.94 bits per heavy atom.